The van der Waals surface area contributed by atoms with Gasteiger partial charge < -0.3 is 10.5 Å². The molecule has 0 spiro atoms. The minimum atomic E-state index is -0.539. The highest BCUT2D eigenvalue weighted by Gasteiger charge is 2.17. The Bertz CT molecular complexity index is 371. The van der Waals surface area contributed by atoms with Gasteiger partial charge in [0.2, 0.25) is 0 Å². The van der Waals surface area contributed by atoms with E-state index in [9.17, 15) is 8.78 Å². The lowest BCUT2D eigenvalue weighted by Crippen LogP contribution is -2.28. The third-order valence-electron chi connectivity index (χ3n) is 3.40. The summed E-state index contributed by atoms with van der Waals surface area (Å²) < 4.78 is 31.4. The maximum absolute atomic E-state index is 13.0. The Morgan fingerprint density at radius 3 is 2.39 bits per heavy atom. The van der Waals surface area contributed by atoms with Crippen LogP contribution in [0.15, 0.2) is 18.2 Å². The van der Waals surface area contributed by atoms with Gasteiger partial charge in [-0.25, -0.2) is 8.78 Å². The van der Waals surface area contributed by atoms with E-state index in [1.165, 1.54) is 12.1 Å². The molecule has 2 nitrogen and oxygen atoms in total. The zero-order valence-corrected chi connectivity index (χ0v) is 10.4. The van der Waals surface area contributed by atoms with E-state index in [1.807, 2.05) is 0 Å². The number of ether oxygens (including phenoxy) is 1. The van der Waals surface area contributed by atoms with Crippen molar-refractivity contribution in [3.05, 3.63) is 35.4 Å². The van der Waals surface area contributed by atoms with Crippen molar-refractivity contribution in [3.8, 4) is 0 Å². The molecule has 0 radical (unpaired) electrons. The molecule has 0 aliphatic carbocycles. The fourth-order valence-electron chi connectivity index (χ4n) is 2.53. The van der Waals surface area contributed by atoms with E-state index >= 15 is 0 Å². The first kappa shape index (κ1) is 13.4. The smallest absolute Gasteiger partial charge is 0.126 e. The summed E-state index contributed by atoms with van der Waals surface area (Å²) in [5.41, 5.74) is 6.68. The molecule has 1 saturated heterocycles. The Morgan fingerprint density at radius 1 is 1.17 bits per heavy atom. The molecule has 0 aromatic heterocycles. The predicted octanol–water partition coefficient (Wildman–Crippen LogP) is 2.65. The van der Waals surface area contributed by atoms with Crippen LogP contribution in [0, 0.1) is 17.6 Å². The summed E-state index contributed by atoms with van der Waals surface area (Å²) in [6.45, 7) is 1.60. The van der Waals surface area contributed by atoms with Crippen LogP contribution in [0.4, 0.5) is 8.78 Å². The Hall–Kier alpha value is -1.00. The van der Waals surface area contributed by atoms with Crippen LogP contribution in [0.1, 0.15) is 24.8 Å². The monoisotopic (exact) mass is 255 g/mol. The molecule has 1 aliphatic heterocycles. The normalized spacial score (nSPS) is 18.8. The molecule has 1 fully saturated rings. The molecule has 2 N–H and O–H groups in total. The fraction of sp³-hybridized carbons (Fsp3) is 0.571. The van der Waals surface area contributed by atoms with Crippen molar-refractivity contribution < 1.29 is 13.5 Å². The lowest BCUT2D eigenvalue weighted by molar-refractivity contribution is 0.0619. The van der Waals surface area contributed by atoms with Crippen molar-refractivity contribution in [1.82, 2.24) is 0 Å². The molecular weight excluding hydrogens is 236 g/mol. The van der Waals surface area contributed by atoms with Gasteiger partial charge in [0.05, 0.1) is 0 Å². The highest BCUT2D eigenvalue weighted by Crippen LogP contribution is 2.21. The number of hydrogen-bond acceptors (Lipinski definition) is 2. The van der Waals surface area contributed by atoms with Crippen LogP contribution in [-0.2, 0) is 11.2 Å². The maximum atomic E-state index is 13.0. The molecule has 1 aromatic carbocycles. The SMILES string of the molecule is NC(Cc1cc(F)cc(F)c1)CC1CCOCC1. The van der Waals surface area contributed by atoms with Crippen molar-refractivity contribution >= 4 is 0 Å². The molecule has 100 valence electrons. The molecule has 1 unspecified atom stereocenters. The van der Waals surface area contributed by atoms with Gasteiger partial charge in [0.25, 0.3) is 0 Å². The third kappa shape index (κ3) is 4.03. The Balaban J connectivity index is 1.87. The molecule has 0 saturated carbocycles. The van der Waals surface area contributed by atoms with E-state index < -0.39 is 11.6 Å². The van der Waals surface area contributed by atoms with Gasteiger partial charge in [-0.3, -0.25) is 0 Å². The minimum Gasteiger partial charge on any atom is -0.381 e. The van der Waals surface area contributed by atoms with Gasteiger partial charge >= 0.3 is 0 Å². The van der Waals surface area contributed by atoms with E-state index in [-0.39, 0.29) is 6.04 Å². The largest absolute Gasteiger partial charge is 0.381 e. The van der Waals surface area contributed by atoms with Crippen molar-refractivity contribution in [3.63, 3.8) is 0 Å². The number of hydrogen-bond donors (Lipinski definition) is 1. The summed E-state index contributed by atoms with van der Waals surface area (Å²) >= 11 is 0. The molecule has 4 heteroatoms. The van der Waals surface area contributed by atoms with E-state index in [0.29, 0.717) is 17.9 Å². The van der Waals surface area contributed by atoms with Crippen LogP contribution in [0.3, 0.4) is 0 Å². The van der Waals surface area contributed by atoms with Gasteiger partial charge in [-0.2, -0.15) is 0 Å². The minimum absolute atomic E-state index is 0.0469. The van der Waals surface area contributed by atoms with Crippen molar-refractivity contribution in [2.45, 2.75) is 31.7 Å². The Kier molecular flexibility index (Phi) is 4.66. The van der Waals surface area contributed by atoms with Crippen LogP contribution in [0.25, 0.3) is 0 Å². The predicted molar refractivity (Wildman–Crippen MR) is 66.2 cm³/mol. The number of nitrogens with two attached hydrogens (primary N) is 1. The molecule has 1 atom stereocenters. The summed E-state index contributed by atoms with van der Waals surface area (Å²) in [6.07, 6.45) is 3.48. The third-order valence-corrected chi connectivity index (χ3v) is 3.40. The standard InChI is InChI=1S/C14H19F2NO/c15-12-5-11(6-13(16)9-12)8-14(17)7-10-1-3-18-4-2-10/h5-6,9-10,14H,1-4,7-8,17H2. The van der Waals surface area contributed by atoms with Crippen molar-refractivity contribution in [2.24, 2.45) is 11.7 Å². The maximum Gasteiger partial charge on any atom is 0.126 e. The average Bonchev–Trinajstić information content (AvgIpc) is 2.28. The highest BCUT2D eigenvalue weighted by molar-refractivity contribution is 5.18. The Morgan fingerprint density at radius 2 is 1.78 bits per heavy atom. The summed E-state index contributed by atoms with van der Waals surface area (Å²) in [4.78, 5) is 0. The van der Waals surface area contributed by atoms with E-state index in [2.05, 4.69) is 0 Å². The van der Waals surface area contributed by atoms with Gasteiger partial charge in [-0.05, 0) is 49.3 Å². The van der Waals surface area contributed by atoms with Crippen LogP contribution < -0.4 is 5.73 Å². The van der Waals surface area contributed by atoms with Crippen LogP contribution in [-0.4, -0.2) is 19.3 Å². The summed E-state index contributed by atoms with van der Waals surface area (Å²) in [6, 6.07) is 3.54. The molecule has 0 amide bonds. The first-order chi connectivity index (χ1) is 8.63. The van der Waals surface area contributed by atoms with Gasteiger partial charge in [-0.1, -0.05) is 0 Å². The topological polar surface area (TPSA) is 35.2 Å². The molecule has 1 aliphatic rings. The van der Waals surface area contributed by atoms with Crippen molar-refractivity contribution in [1.29, 1.82) is 0 Å². The van der Waals surface area contributed by atoms with E-state index in [4.69, 9.17) is 10.5 Å². The van der Waals surface area contributed by atoms with Crippen LogP contribution in [0.5, 0.6) is 0 Å². The molecule has 1 heterocycles. The first-order valence-electron chi connectivity index (χ1n) is 6.42. The molecule has 2 rings (SSSR count). The second-order valence-corrected chi connectivity index (χ2v) is 5.03. The second-order valence-electron chi connectivity index (χ2n) is 5.03. The summed E-state index contributed by atoms with van der Waals surface area (Å²) in [5.74, 6) is -0.501. The number of rotatable bonds is 4. The van der Waals surface area contributed by atoms with E-state index in [0.717, 1.165) is 38.5 Å². The highest BCUT2D eigenvalue weighted by atomic mass is 19.1. The van der Waals surface area contributed by atoms with Crippen LogP contribution in [0.2, 0.25) is 0 Å². The molecular formula is C14H19F2NO. The van der Waals surface area contributed by atoms with Crippen LogP contribution >= 0.6 is 0 Å². The molecule has 1 aromatic rings. The lowest BCUT2D eigenvalue weighted by Gasteiger charge is -2.24. The zero-order chi connectivity index (χ0) is 13.0. The van der Waals surface area contributed by atoms with Gasteiger partial charge in [0.15, 0.2) is 0 Å². The number of halogens is 2. The summed E-state index contributed by atoms with van der Waals surface area (Å²) in [5, 5.41) is 0. The Labute approximate surface area is 106 Å². The molecule has 0 bridgehead atoms. The van der Waals surface area contributed by atoms with E-state index in [1.54, 1.807) is 0 Å². The quantitative estimate of drug-likeness (QED) is 0.897. The first-order valence-corrected chi connectivity index (χ1v) is 6.42. The fourth-order valence-corrected chi connectivity index (χ4v) is 2.53. The molecule has 18 heavy (non-hydrogen) atoms. The average molecular weight is 255 g/mol. The second kappa shape index (κ2) is 6.25. The van der Waals surface area contributed by atoms with Crippen molar-refractivity contribution in [2.75, 3.05) is 13.2 Å². The zero-order valence-electron chi connectivity index (χ0n) is 10.4. The lowest BCUT2D eigenvalue weighted by atomic mass is 9.90. The van der Waals surface area contributed by atoms with Gasteiger partial charge in [0, 0.05) is 25.3 Å². The van der Waals surface area contributed by atoms with Gasteiger partial charge in [0.1, 0.15) is 11.6 Å². The van der Waals surface area contributed by atoms with Gasteiger partial charge in [-0.15, -0.1) is 0 Å². The summed E-state index contributed by atoms with van der Waals surface area (Å²) in [7, 11) is 0. The number of benzene rings is 1.